The third kappa shape index (κ3) is 4.60. The molecule has 2 aromatic rings. The average molecular weight is 342 g/mol. The van der Waals surface area contributed by atoms with E-state index in [9.17, 15) is 4.21 Å². The zero-order chi connectivity index (χ0) is 13.7. The van der Waals surface area contributed by atoms with Crippen molar-refractivity contribution in [2.24, 2.45) is 0 Å². The van der Waals surface area contributed by atoms with Crippen molar-refractivity contribution >= 4 is 26.7 Å². The van der Waals surface area contributed by atoms with Crippen molar-refractivity contribution in [1.82, 2.24) is 5.32 Å². The minimum atomic E-state index is -0.851. The van der Waals surface area contributed by atoms with Crippen LogP contribution >= 0.6 is 15.9 Å². The number of rotatable bonds is 6. The SMILES string of the molecule is C[S@@](=O)C[C@@H](NCc1ccc(Br)o1)c1ccccc1. The number of benzene rings is 1. The van der Waals surface area contributed by atoms with Crippen molar-refractivity contribution in [1.29, 1.82) is 0 Å². The van der Waals surface area contributed by atoms with Crippen LogP contribution in [-0.2, 0) is 17.3 Å². The Morgan fingerprint density at radius 1 is 1.26 bits per heavy atom. The van der Waals surface area contributed by atoms with Gasteiger partial charge in [0.25, 0.3) is 0 Å². The molecule has 0 spiro atoms. The molecule has 1 aromatic heterocycles. The summed E-state index contributed by atoms with van der Waals surface area (Å²) in [7, 11) is -0.851. The van der Waals surface area contributed by atoms with Gasteiger partial charge in [-0.05, 0) is 33.6 Å². The minimum absolute atomic E-state index is 0.0657. The Bertz CT molecular complexity index is 541. The summed E-state index contributed by atoms with van der Waals surface area (Å²) in [6.07, 6.45) is 1.72. The summed E-state index contributed by atoms with van der Waals surface area (Å²) >= 11 is 3.28. The lowest BCUT2D eigenvalue weighted by Crippen LogP contribution is -2.25. The van der Waals surface area contributed by atoms with Gasteiger partial charge in [-0.3, -0.25) is 4.21 Å². The van der Waals surface area contributed by atoms with Crippen molar-refractivity contribution in [2.75, 3.05) is 12.0 Å². The van der Waals surface area contributed by atoms with Crippen LogP contribution < -0.4 is 5.32 Å². The van der Waals surface area contributed by atoms with Crippen LogP contribution in [0.15, 0.2) is 51.6 Å². The molecule has 0 aliphatic rings. The molecule has 0 aliphatic heterocycles. The van der Waals surface area contributed by atoms with Crippen molar-refractivity contribution in [2.45, 2.75) is 12.6 Å². The van der Waals surface area contributed by atoms with Gasteiger partial charge in [0.15, 0.2) is 4.67 Å². The van der Waals surface area contributed by atoms with E-state index in [4.69, 9.17) is 4.42 Å². The van der Waals surface area contributed by atoms with Gasteiger partial charge in [0, 0.05) is 28.9 Å². The standard InChI is InChI=1S/C14H16BrNO2S/c1-19(17)10-13(11-5-3-2-4-6-11)16-9-12-7-8-14(15)18-12/h2-8,13,16H,9-10H2,1H3/t13-,19-/m1/s1. The number of hydrogen-bond donors (Lipinski definition) is 1. The molecule has 0 unspecified atom stereocenters. The highest BCUT2D eigenvalue weighted by molar-refractivity contribution is 9.10. The highest BCUT2D eigenvalue weighted by atomic mass is 79.9. The lowest BCUT2D eigenvalue weighted by molar-refractivity contribution is 0.447. The van der Waals surface area contributed by atoms with Crippen LogP contribution in [0.3, 0.4) is 0 Å². The molecule has 0 saturated carbocycles. The fourth-order valence-electron chi connectivity index (χ4n) is 1.86. The first-order chi connectivity index (χ1) is 9.15. The molecule has 3 nitrogen and oxygen atoms in total. The van der Waals surface area contributed by atoms with Crippen molar-refractivity contribution < 1.29 is 8.63 Å². The minimum Gasteiger partial charge on any atom is -0.453 e. The highest BCUT2D eigenvalue weighted by Crippen LogP contribution is 2.17. The summed E-state index contributed by atoms with van der Waals surface area (Å²) in [5.74, 6) is 1.45. The number of nitrogens with one attached hydrogen (secondary N) is 1. The van der Waals surface area contributed by atoms with Gasteiger partial charge >= 0.3 is 0 Å². The maximum Gasteiger partial charge on any atom is 0.169 e. The molecule has 0 saturated heterocycles. The monoisotopic (exact) mass is 341 g/mol. The summed E-state index contributed by atoms with van der Waals surface area (Å²) in [4.78, 5) is 0. The molecule has 0 radical (unpaired) electrons. The molecule has 1 heterocycles. The predicted octanol–water partition coefficient (Wildman–Crippen LogP) is 3.25. The number of furan rings is 1. The zero-order valence-corrected chi connectivity index (χ0v) is 13.0. The molecule has 0 amide bonds. The van der Waals surface area contributed by atoms with Crippen molar-refractivity contribution in [3.63, 3.8) is 0 Å². The zero-order valence-electron chi connectivity index (χ0n) is 10.6. The second-order valence-electron chi connectivity index (χ2n) is 4.29. The van der Waals surface area contributed by atoms with Gasteiger partial charge in [-0.25, -0.2) is 0 Å². The largest absolute Gasteiger partial charge is 0.453 e. The van der Waals surface area contributed by atoms with E-state index in [1.54, 1.807) is 6.26 Å². The Kier molecular flexibility index (Phi) is 5.36. The molecule has 102 valence electrons. The van der Waals surface area contributed by atoms with Crippen LogP contribution in [0.25, 0.3) is 0 Å². The van der Waals surface area contributed by atoms with Gasteiger partial charge in [-0.1, -0.05) is 30.3 Å². The van der Waals surface area contributed by atoms with Crippen LogP contribution in [0.4, 0.5) is 0 Å². The third-order valence-corrected chi connectivity index (χ3v) is 3.98. The Hall–Kier alpha value is -0.910. The Morgan fingerprint density at radius 2 is 2.00 bits per heavy atom. The highest BCUT2D eigenvalue weighted by Gasteiger charge is 2.13. The van der Waals surface area contributed by atoms with Crippen LogP contribution in [0.1, 0.15) is 17.4 Å². The van der Waals surface area contributed by atoms with Gasteiger partial charge in [-0.2, -0.15) is 0 Å². The Labute approximate surface area is 124 Å². The second-order valence-corrected chi connectivity index (χ2v) is 6.55. The van der Waals surface area contributed by atoms with Crippen LogP contribution in [0.2, 0.25) is 0 Å². The molecule has 2 atom stereocenters. The lowest BCUT2D eigenvalue weighted by Gasteiger charge is -2.17. The fraction of sp³-hybridized carbons (Fsp3) is 0.286. The first kappa shape index (κ1) is 14.5. The average Bonchev–Trinajstić information content (AvgIpc) is 2.81. The van der Waals surface area contributed by atoms with Gasteiger partial charge in [0.2, 0.25) is 0 Å². The lowest BCUT2D eigenvalue weighted by atomic mass is 10.1. The molecule has 1 N–H and O–H groups in total. The molecule has 0 fully saturated rings. The van der Waals surface area contributed by atoms with Crippen LogP contribution in [0, 0.1) is 0 Å². The van der Waals surface area contributed by atoms with Crippen LogP contribution in [0.5, 0.6) is 0 Å². The maximum atomic E-state index is 11.5. The second kappa shape index (κ2) is 7.03. The van der Waals surface area contributed by atoms with E-state index in [2.05, 4.69) is 21.2 Å². The summed E-state index contributed by atoms with van der Waals surface area (Å²) < 4.78 is 17.7. The number of hydrogen-bond acceptors (Lipinski definition) is 3. The van der Waals surface area contributed by atoms with Crippen molar-refractivity contribution in [3.05, 3.63) is 58.5 Å². The quantitative estimate of drug-likeness (QED) is 0.876. The van der Waals surface area contributed by atoms with E-state index in [0.29, 0.717) is 12.3 Å². The smallest absolute Gasteiger partial charge is 0.169 e. The molecular formula is C14H16BrNO2S. The topological polar surface area (TPSA) is 42.2 Å². The van der Waals surface area contributed by atoms with E-state index < -0.39 is 10.8 Å². The fourth-order valence-corrected chi connectivity index (χ4v) is 2.98. The summed E-state index contributed by atoms with van der Waals surface area (Å²) in [5, 5.41) is 3.39. The summed E-state index contributed by atoms with van der Waals surface area (Å²) in [5.41, 5.74) is 1.14. The molecule has 1 aromatic carbocycles. The molecule has 2 rings (SSSR count). The van der Waals surface area contributed by atoms with Crippen LogP contribution in [-0.4, -0.2) is 16.2 Å². The van der Waals surface area contributed by atoms with E-state index in [1.807, 2.05) is 42.5 Å². The Balaban J connectivity index is 2.04. The maximum absolute atomic E-state index is 11.5. The third-order valence-electron chi connectivity index (χ3n) is 2.75. The molecular weight excluding hydrogens is 326 g/mol. The van der Waals surface area contributed by atoms with Gasteiger partial charge < -0.3 is 9.73 Å². The summed E-state index contributed by atoms with van der Waals surface area (Å²) in [6, 6.07) is 13.9. The van der Waals surface area contributed by atoms with Crippen molar-refractivity contribution in [3.8, 4) is 0 Å². The van der Waals surface area contributed by atoms with Gasteiger partial charge in [-0.15, -0.1) is 0 Å². The Morgan fingerprint density at radius 3 is 2.58 bits per heavy atom. The molecule has 0 bridgehead atoms. The van der Waals surface area contributed by atoms with Gasteiger partial charge in [0.05, 0.1) is 6.54 Å². The first-order valence-corrected chi connectivity index (χ1v) is 8.50. The first-order valence-electron chi connectivity index (χ1n) is 5.97. The van der Waals surface area contributed by atoms with E-state index >= 15 is 0 Å². The predicted molar refractivity (Wildman–Crippen MR) is 81.4 cm³/mol. The summed E-state index contributed by atoms with van der Waals surface area (Å²) in [6.45, 7) is 0.613. The number of halogens is 1. The van der Waals surface area contributed by atoms with Gasteiger partial charge in [0.1, 0.15) is 5.76 Å². The van der Waals surface area contributed by atoms with E-state index in [1.165, 1.54) is 0 Å². The molecule has 5 heteroatoms. The normalized spacial score (nSPS) is 14.2. The van der Waals surface area contributed by atoms with E-state index in [-0.39, 0.29) is 6.04 Å². The molecule has 0 aliphatic carbocycles. The molecule has 19 heavy (non-hydrogen) atoms. The van der Waals surface area contributed by atoms with E-state index in [0.717, 1.165) is 16.0 Å².